The van der Waals surface area contributed by atoms with Crippen molar-refractivity contribution in [1.82, 2.24) is 14.9 Å². The van der Waals surface area contributed by atoms with Crippen LogP contribution in [-0.2, 0) is 4.79 Å². The summed E-state index contributed by atoms with van der Waals surface area (Å²) in [6.45, 7) is 4.78. The van der Waals surface area contributed by atoms with Gasteiger partial charge < -0.3 is 15.0 Å². The fourth-order valence-electron chi connectivity index (χ4n) is 3.91. The minimum Gasteiger partial charge on any atom is -0.457 e. The van der Waals surface area contributed by atoms with Crippen molar-refractivity contribution < 1.29 is 9.53 Å². The third kappa shape index (κ3) is 5.10. The Morgan fingerprint density at radius 3 is 2.82 bits per heavy atom. The second-order valence-electron chi connectivity index (χ2n) is 7.87. The fraction of sp³-hybridized carbons (Fsp3) is 0.192. The first kappa shape index (κ1) is 22.7. The Kier molecular flexibility index (Phi) is 6.94. The Bertz CT molecular complexity index is 1250. The first-order chi connectivity index (χ1) is 16.6. The summed E-state index contributed by atoms with van der Waals surface area (Å²) in [6.07, 6.45) is 6.02. The Balaban J connectivity index is 1.56. The predicted molar refractivity (Wildman–Crippen MR) is 129 cm³/mol. The number of benzene rings is 2. The number of ether oxygens (including phenoxy) is 1. The van der Waals surface area contributed by atoms with E-state index in [2.05, 4.69) is 27.9 Å². The van der Waals surface area contributed by atoms with Crippen LogP contribution in [0.2, 0.25) is 0 Å². The number of amides is 1. The Hall–Kier alpha value is -4.51. The van der Waals surface area contributed by atoms with Crippen molar-refractivity contribution in [3.05, 3.63) is 90.4 Å². The molecule has 1 fully saturated rings. The lowest BCUT2D eigenvalue weighted by Gasteiger charge is -2.33. The van der Waals surface area contributed by atoms with Gasteiger partial charge >= 0.3 is 0 Å². The second kappa shape index (κ2) is 10.4. The number of para-hydroxylation sites is 1. The lowest BCUT2D eigenvalue weighted by molar-refractivity contribution is -0.127. The number of carbonyl (C=O) groups excluding carboxylic acids is 1. The van der Waals surface area contributed by atoms with E-state index in [9.17, 15) is 10.1 Å². The summed E-state index contributed by atoms with van der Waals surface area (Å²) in [4.78, 5) is 22.2. The largest absolute Gasteiger partial charge is 0.457 e. The molecule has 2 N–H and O–H groups in total. The predicted octanol–water partition coefficient (Wildman–Crippen LogP) is 4.15. The van der Waals surface area contributed by atoms with E-state index in [1.807, 2.05) is 30.3 Å². The van der Waals surface area contributed by atoms with E-state index in [1.165, 1.54) is 12.4 Å². The molecule has 1 atom stereocenters. The van der Waals surface area contributed by atoms with E-state index in [0.717, 1.165) is 12.8 Å². The van der Waals surface area contributed by atoms with Crippen LogP contribution in [0.4, 0.5) is 5.82 Å². The first-order valence-electron chi connectivity index (χ1n) is 10.9. The number of piperidine rings is 1. The molecule has 34 heavy (non-hydrogen) atoms. The molecule has 0 bridgehead atoms. The van der Waals surface area contributed by atoms with Crippen LogP contribution in [0.25, 0.3) is 0 Å². The number of anilines is 1. The summed E-state index contributed by atoms with van der Waals surface area (Å²) in [7, 11) is 0. The normalized spacial score (nSPS) is 15.1. The molecule has 4 rings (SSSR count). The smallest absolute Gasteiger partial charge is 0.246 e. The Morgan fingerprint density at radius 1 is 1.24 bits per heavy atom. The van der Waals surface area contributed by atoms with Gasteiger partial charge in [0.05, 0.1) is 22.9 Å². The van der Waals surface area contributed by atoms with Crippen LogP contribution in [0.1, 0.15) is 29.5 Å². The highest BCUT2D eigenvalue weighted by Crippen LogP contribution is 2.26. The topological polar surface area (TPSA) is 115 Å². The van der Waals surface area contributed by atoms with Crippen molar-refractivity contribution in [3.63, 3.8) is 0 Å². The molecule has 0 aliphatic carbocycles. The molecule has 0 spiro atoms. The number of carbonyl (C=O) groups is 1. The zero-order valence-electron chi connectivity index (χ0n) is 18.6. The minimum absolute atomic E-state index is 0.0174. The molecule has 3 aromatic rings. The highest BCUT2D eigenvalue weighted by molar-refractivity contribution is 6.14. The minimum atomic E-state index is -0.0985. The number of nitriles is 1. The summed E-state index contributed by atoms with van der Waals surface area (Å²) in [5, 5.41) is 21.9. The van der Waals surface area contributed by atoms with Crippen molar-refractivity contribution in [1.29, 1.82) is 10.7 Å². The van der Waals surface area contributed by atoms with Crippen molar-refractivity contribution in [2.75, 3.05) is 18.4 Å². The van der Waals surface area contributed by atoms with Crippen LogP contribution in [0.5, 0.6) is 11.5 Å². The molecule has 8 nitrogen and oxygen atoms in total. The molecule has 170 valence electrons. The van der Waals surface area contributed by atoms with Crippen LogP contribution in [0.3, 0.4) is 0 Å². The summed E-state index contributed by atoms with van der Waals surface area (Å²) in [5.41, 5.74) is 1.37. The SMILES string of the molecule is C=CC(=O)N1CCC[C@@H](Nc2ncncc2C(=N)c2ccc(Oc3ccccc3)cc2C#N)C1. The van der Waals surface area contributed by atoms with Crippen molar-refractivity contribution in [3.8, 4) is 17.6 Å². The van der Waals surface area contributed by atoms with Crippen LogP contribution < -0.4 is 10.1 Å². The zero-order chi connectivity index (χ0) is 23.9. The standard InChI is InChI=1S/C26H24N6O2/c1-2-24(33)32-12-6-7-19(16-32)31-26-23(15-29-17-30-26)25(28)22-11-10-21(13-18(22)14-27)34-20-8-4-3-5-9-20/h2-5,8-11,13,15,17,19,28H,1,6-7,12,16H2,(H,29,30,31)/t19-/m1/s1. The number of nitrogens with zero attached hydrogens (tertiary/aromatic N) is 4. The summed E-state index contributed by atoms with van der Waals surface area (Å²) in [6, 6.07) is 16.5. The van der Waals surface area contributed by atoms with Gasteiger partial charge in [-0.1, -0.05) is 24.8 Å². The lowest BCUT2D eigenvalue weighted by atomic mass is 9.98. The van der Waals surface area contributed by atoms with Gasteiger partial charge in [-0.3, -0.25) is 10.2 Å². The molecule has 0 unspecified atom stereocenters. The van der Waals surface area contributed by atoms with E-state index in [4.69, 9.17) is 10.1 Å². The number of rotatable bonds is 7. The maximum Gasteiger partial charge on any atom is 0.246 e. The molecule has 2 heterocycles. The highest BCUT2D eigenvalue weighted by atomic mass is 16.5. The molecule has 2 aromatic carbocycles. The molecule has 1 aliphatic rings. The average Bonchev–Trinajstić information content (AvgIpc) is 2.89. The monoisotopic (exact) mass is 452 g/mol. The molecule has 0 saturated carbocycles. The van der Waals surface area contributed by atoms with Gasteiger partial charge in [0.2, 0.25) is 5.91 Å². The number of aromatic nitrogens is 2. The maximum absolute atomic E-state index is 12.0. The van der Waals surface area contributed by atoms with Crippen LogP contribution in [0, 0.1) is 16.7 Å². The van der Waals surface area contributed by atoms with Gasteiger partial charge in [0.15, 0.2) is 0 Å². The van der Waals surface area contributed by atoms with Crippen LogP contribution in [0.15, 0.2) is 73.7 Å². The van der Waals surface area contributed by atoms with E-state index in [1.54, 1.807) is 29.3 Å². The van der Waals surface area contributed by atoms with E-state index >= 15 is 0 Å². The van der Waals surface area contributed by atoms with Crippen LogP contribution >= 0.6 is 0 Å². The van der Waals surface area contributed by atoms with Gasteiger partial charge in [0.25, 0.3) is 0 Å². The zero-order valence-corrected chi connectivity index (χ0v) is 18.6. The third-order valence-electron chi connectivity index (χ3n) is 5.59. The van der Waals surface area contributed by atoms with Gasteiger partial charge in [-0.15, -0.1) is 0 Å². The van der Waals surface area contributed by atoms with Gasteiger partial charge in [-0.2, -0.15) is 5.26 Å². The van der Waals surface area contributed by atoms with E-state index in [0.29, 0.717) is 47.1 Å². The van der Waals surface area contributed by atoms with Gasteiger partial charge in [0.1, 0.15) is 23.6 Å². The molecular weight excluding hydrogens is 428 g/mol. The Labute approximate surface area is 198 Å². The van der Waals surface area contributed by atoms with Crippen molar-refractivity contribution in [2.45, 2.75) is 18.9 Å². The van der Waals surface area contributed by atoms with Gasteiger partial charge in [-0.25, -0.2) is 9.97 Å². The third-order valence-corrected chi connectivity index (χ3v) is 5.59. The second-order valence-corrected chi connectivity index (χ2v) is 7.87. The number of likely N-dealkylation sites (tertiary alicyclic amines) is 1. The Morgan fingerprint density at radius 2 is 2.06 bits per heavy atom. The summed E-state index contributed by atoms with van der Waals surface area (Å²) in [5.74, 6) is 1.56. The van der Waals surface area contributed by atoms with Crippen LogP contribution in [-0.4, -0.2) is 45.6 Å². The quantitative estimate of drug-likeness (QED) is 0.411. The van der Waals surface area contributed by atoms with Gasteiger partial charge in [0, 0.05) is 30.9 Å². The maximum atomic E-state index is 12.0. The van der Waals surface area contributed by atoms with E-state index in [-0.39, 0.29) is 17.7 Å². The molecule has 0 radical (unpaired) electrons. The highest BCUT2D eigenvalue weighted by Gasteiger charge is 2.24. The molecule has 1 saturated heterocycles. The van der Waals surface area contributed by atoms with Crippen molar-refractivity contribution >= 4 is 17.4 Å². The lowest BCUT2D eigenvalue weighted by Crippen LogP contribution is -2.44. The van der Waals surface area contributed by atoms with Crippen molar-refractivity contribution in [2.24, 2.45) is 0 Å². The molecule has 1 amide bonds. The van der Waals surface area contributed by atoms with Gasteiger partial charge in [-0.05, 0) is 49.2 Å². The molecular formula is C26H24N6O2. The molecule has 1 aromatic heterocycles. The number of nitrogens with one attached hydrogen (secondary N) is 2. The fourth-order valence-corrected chi connectivity index (χ4v) is 3.91. The molecule has 8 heteroatoms. The summed E-state index contributed by atoms with van der Waals surface area (Å²) >= 11 is 0. The van der Waals surface area contributed by atoms with E-state index < -0.39 is 0 Å². The summed E-state index contributed by atoms with van der Waals surface area (Å²) < 4.78 is 5.83. The first-order valence-corrected chi connectivity index (χ1v) is 10.9. The number of hydrogen-bond acceptors (Lipinski definition) is 7. The molecule has 1 aliphatic heterocycles. The average molecular weight is 453 g/mol. The number of hydrogen-bond donors (Lipinski definition) is 2.